The second kappa shape index (κ2) is 15.0. The van der Waals surface area contributed by atoms with Crippen molar-refractivity contribution in [2.45, 2.75) is 61.8 Å². The summed E-state index contributed by atoms with van der Waals surface area (Å²) in [6.45, 7) is 17.7. The van der Waals surface area contributed by atoms with Crippen LogP contribution in [0.15, 0.2) is 151 Å². The maximum Gasteiger partial charge on any atom is 0.318 e. The lowest BCUT2D eigenvalue weighted by Crippen LogP contribution is -2.18. The first-order chi connectivity index (χ1) is 29.1. The fourth-order valence-electron chi connectivity index (χ4n) is 9.11. The molecule has 0 N–H and O–H groups in total. The van der Waals surface area contributed by atoms with Crippen LogP contribution in [0.4, 0.5) is 0 Å². The third kappa shape index (κ3) is 6.23. The van der Waals surface area contributed by atoms with Gasteiger partial charge >= 0.3 is 16.9 Å². The molecule has 10 rings (SSSR count). The van der Waals surface area contributed by atoms with Crippen molar-refractivity contribution in [2.24, 2.45) is 5.92 Å². The van der Waals surface area contributed by atoms with Gasteiger partial charge in [-0.05, 0) is 143 Å². The fourth-order valence-corrected chi connectivity index (χ4v) is 13.1. The predicted molar refractivity (Wildman–Crippen MR) is 253 cm³/mol. The van der Waals surface area contributed by atoms with Crippen molar-refractivity contribution >= 4 is 49.6 Å². The van der Waals surface area contributed by atoms with E-state index in [9.17, 15) is 0 Å². The van der Waals surface area contributed by atoms with Gasteiger partial charge in [0.25, 0.3) is 0 Å². The Morgan fingerprint density at radius 3 is 1.42 bits per heavy atom. The minimum absolute atomic E-state index is 0.339. The lowest BCUT2D eigenvalue weighted by Gasteiger charge is -2.32. The van der Waals surface area contributed by atoms with Crippen LogP contribution < -0.4 is 9.05 Å². The molecule has 2 atom stereocenters. The Labute approximate surface area is 355 Å². The second-order valence-corrected chi connectivity index (χ2v) is 19.6. The van der Waals surface area contributed by atoms with Gasteiger partial charge < -0.3 is 9.05 Å². The van der Waals surface area contributed by atoms with Gasteiger partial charge in [0, 0.05) is 63.7 Å². The zero-order valence-electron chi connectivity index (χ0n) is 35.6. The maximum absolute atomic E-state index is 7.65. The Hall–Kier alpha value is -5.80. The molecule has 0 spiro atoms. The van der Waals surface area contributed by atoms with Gasteiger partial charge in [0.05, 0.1) is 16.6 Å². The summed E-state index contributed by atoms with van der Waals surface area (Å²) in [6, 6.07) is 34.8. The molecule has 0 radical (unpaired) electrons. The second-order valence-electron chi connectivity index (χ2n) is 16.5. The summed E-state index contributed by atoms with van der Waals surface area (Å²) in [5.41, 5.74) is 16.7. The highest BCUT2D eigenvalue weighted by Gasteiger charge is 2.37. The van der Waals surface area contributed by atoms with E-state index >= 15 is 0 Å². The molecule has 300 valence electrons. The highest BCUT2D eigenvalue weighted by Crippen LogP contribution is 2.58. The molecule has 60 heavy (non-hydrogen) atoms. The Morgan fingerprint density at radius 2 is 0.933 bits per heavy atom. The first kappa shape index (κ1) is 38.4. The highest BCUT2D eigenvalue weighted by atomic mass is 31.2. The first-order valence-corrected chi connectivity index (χ1v) is 23.1. The molecule has 8 heteroatoms. The van der Waals surface area contributed by atoms with E-state index in [1.807, 2.05) is 0 Å². The Bertz CT molecular complexity index is 3030. The summed E-state index contributed by atoms with van der Waals surface area (Å²) in [5.74, 6) is 2.01. The zero-order chi connectivity index (χ0) is 41.4. The van der Waals surface area contributed by atoms with E-state index in [1.165, 1.54) is 66.4 Å². The molecule has 3 aromatic heterocycles. The van der Waals surface area contributed by atoms with Gasteiger partial charge in [0.15, 0.2) is 0 Å². The number of nitrogens with zero attached hydrogens (tertiary/aromatic N) is 4. The van der Waals surface area contributed by atoms with Gasteiger partial charge in [-0.15, -0.1) is 0 Å². The Kier molecular flexibility index (Phi) is 9.62. The molecule has 0 saturated carbocycles. The molecule has 8 aromatic rings. The van der Waals surface area contributed by atoms with E-state index in [2.05, 4.69) is 213 Å². The van der Waals surface area contributed by atoms with Crippen molar-refractivity contribution in [3.05, 3.63) is 190 Å². The highest BCUT2D eigenvalue weighted by molar-refractivity contribution is 7.50. The molecule has 1 aliphatic carbocycles. The number of allylic oxidation sites excluding steroid dienone is 4. The molecular formula is C52H50N4O2P2. The Morgan fingerprint density at radius 1 is 0.500 bits per heavy atom. The van der Waals surface area contributed by atoms with Crippen molar-refractivity contribution in [3.8, 4) is 22.6 Å². The Balaban J connectivity index is 1.17. The largest absolute Gasteiger partial charge is 0.435 e. The lowest BCUT2D eigenvalue weighted by atomic mass is 9.90. The standard InChI is InChI=1S/C52H50N4O2P2/c1-33-25-27-49(57-59(53-29-35(3)41-17-9-13-21-45(41)53)54-30-36(4)42-18-10-14-22-46(42)54)51(39(33)7)52-40(8)34(2)26-28-50(52)58-60(55-31-37(5)43-19-11-15-23-47(43)55)56-32-38(6)44-20-12-16-24-48(44)56/h9-19,21-32,44H,20H2,1-8H3. The molecular weight excluding hydrogens is 775 g/mol. The zero-order valence-corrected chi connectivity index (χ0v) is 37.4. The summed E-state index contributed by atoms with van der Waals surface area (Å²) in [7, 11) is -2.90. The maximum atomic E-state index is 7.65. The number of fused-ring (bicyclic) bond motifs is 4. The van der Waals surface area contributed by atoms with Crippen molar-refractivity contribution in [1.82, 2.24) is 17.7 Å². The predicted octanol–water partition coefficient (Wildman–Crippen LogP) is 14.9. The summed E-state index contributed by atoms with van der Waals surface area (Å²) >= 11 is 0. The topological polar surface area (TPSA) is 36.5 Å². The van der Waals surface area contributed by atoms with Gasteiger partial charge in [-0.1, -0.05) is 78.9 Å². The SMILES string of the molecule is CC1=CN(P(Oc2ccc(C)c(C)c2-c2c(OP(n3cc(C)c4ccccc43)n3cc(C)c4ccccc43)ccc(C)c2C)n2cc(C)c3ccccc32)C2=CC=CCC12. The minimum Gasteiger partial charge on any atom is -0.435 e. The average molecular weight is 825 g/mol. The molecule has 0 amide bonds. The van der Waals surface area contributed by atoms with Crippen LogP contribution >= 0.6 is 16.9 Å². The normalized spacial score (nSPS) is 15.6. The van der Waals surface area contributed by atoms with E-state index in [1.54, 1.807) is 0 Å². The van der Waals surface area contributed by atoms with Crippen molar-refractivity contribution in [1.29, 1.82) is 0 Å². The molecule has 1 aliphatic heterocycles. The molecule has 6 nitrogen and oxygen atoms in total. The van der Waals surface area contributed by atoms with Crippen LogP contribution in [0.25, 0.3) is 43.8 Å². The van der Waals surface area contributed by atoms with Gasteiger partial charge in [0.2, 0.25) is 0 Å². The smallest absolute Gasteiger partial charge is 0.318 e. The van der Waals surface area contributed by atoms with E-state index in [0.29, 0.717) is 5.92 Å². The number of hydrogen-bond acceptors (Lipinski definition) is 3. The van der Waals surface area contributed by atoms with Crippen molar-refractivity contribution < 1.29 is 9.05 Å². The molecule has 2 aliphatic rings. The molecule has 0 bridgehead atoms. The monoisotopic (exact) mass is 824 g/mol. The molecule has 0 fully saturated rings. The first-order valence-electron chi connectivity index (χ1n) is 20.8. The van der Waals surface area contributed by atoms with Crippen LogP contribution in [0.3, 0.4) is 0 Å². The van der Waals surface area contributed by atoms with E-state index in [0.717, 1.165) is 45.6 Å². The van der Waals surface area contributed by atoms with Crippen molar-refractivity contribution in [3.63, 3.8) is 0 Å². The van der Waals surface area contributed by atoms with Crippen LogP contribution in [0, 0.1) is 54.4 Å². The van der Waals surface area contributed by atoms with Gasteiger partial charge in [-0.3, -0.25) is 17.7 Å². The number of para-hydroxylation sites is 3. The van der Waals surface area contributed by atoms with E-state index in [4.69, 9.17) is 9.05 Å². The summed E-state index contributed by atoms with van der Waals surface area (Å²) in [6.07, 6.45) is 16.9. The summed E-state index contributed by atoms with van der Waals surface area (Å²) in [4.78, 5) is 0. The van der Waals surface area contributed by atoms with Gasteiger partial charge in [-0.2, -0.15) is 0 Å². The van der Waals surface area contributed by atoms with Crippen LogP contribution in [-0.4, -0.2) is 17.7 Å². The third-order valence-electron chi connectivity index (χ3n) is 12.7. The number of benzene rings is 5. The number of rotatable bonds is 9. The van der Waals surface area contributed by atoms with Crippen molar-refractivity contribution in [2.75, 3.05) is 0 Å². The third-order valence-corrected chi connectivity index (χ3v) is 16.2. The quantitative estimate of drug-likeness (QED) is 0.136. The van der Waals surface area contributed by atoms with E-state index in [-0.39, 0.29) is 0 Å². The summed E-state index contributed by atoms with van der Waals surface area (Å²) in [5, 5.41) is 3.69. The van der Waals surface area contributed by atoms with Crippen LogP contribution in [0.5, 0.6) is 11.5 Å². The molecule has 5 aromatic carbocycles. The van der Waals surface area contributed by atoms with E-state index < -0.39 is 16.9 Å². The number of hydrogen-bond donors (Lipinski definition) is 0. The number of aromatic nitrogens is 3. The molecule has 2 unspecified atom stereocenters. The minimum atomic E-state index is -1.47. The van der Waals surface area contributed by atoms with Crippen LogP contribution in [-0.2, 0) is 0 Å². The number of aryl methyl sites for hydroxylation is 5. The average Bonchev–Trinajstić information content (AvgIpc) is 3.99. The van der Waals surface area contributed by atoms with Crippen LogP contribution in [0.1, 0.15) is 52.3 Å². The fraction of sp³-hybridized carbons (Fsp3) is 0.192. The summed E-state index contributed by atoms with van der Waals surface area (Å²) < 4.78 is 24.8. The lowest BCUT2D eigenvalue weighted by molar-refractivity contribution is 0.529. The molecule has 0 saturated heterocycles. The molecule has 4 heterocycles. The van der Waals surface area contributed by atoms with Gasteiger partial charge in [-0.25, -0.2) is 0 Å². The van der Waals surface area contributed by atoms with Crippen LogP contribution in [0.2, 0.25) is 0 Å². The van der Waals surface area contributed by atoms with Gasteiger partial charge in [0.1, 0.15) is 11.5 Å².